The van der Waals surface area contributed by atoms with Gasteiger partial charge in [0.15, 0.2) is 0 Å². The number of hydrogen-bond acceptors (Lipinski definition) is 6. The van der Waals surface area contributed by atoms with E-state index in [0.29, 0.717) is 27.7 Å². The lowest BCUT2D eigenvalue weighted by Gasteiger charge is -2.19. The molecule has 7 nitrogen and oxygen atoms in total. The molecule has 0 atom stereocenters. The summed E-state index contributed by atoms with van der Waals surface area (Å²) in [4.78, 5) is 15.2. The van der Waals surface area contributed by atoms with Gasteiger partial charge in [-0.1, -0.05) is 17.7 Å². The number of aromatic nitrogens is 1. The van der Waals surface area contributed by atoms with Gasteiger partial charge in [0, 0.05) is 28.8 Å². The number of carbonyl (C=O) groups excluding carboxylic acids is 1. The minimum Gasteiger partial charge on any atom is -0.465 e. The van der Waals surface area contributed by atoms with Gasteiger partial charge in [-0.2, -0.15) is 12.7 Å². The first-order valence-electron chi connectivity index (χ1n) is 8.22. The van der Waals surface area contributed by atoms with Crippen LogP contribution in [0.3, 0.4) is 0 Å². The molecule has 0 aliphatic carbocycles. The number of esters is 1. The van der Waals surface area contributed by atoms with E-state index in [4.69, 9.17) is 16.3 Å². The molecule has 3 rings (SSSR count). The Kier molecular flexibility index (Phi) is 5.90. The van der Waals surface area contributed by atoms with Gasteiger partial charge in [0.2, 0.25) is 0 Å². The molecule has 0 saturated carbocycles. The molecule has 0 unspecified atom stereocenters. The number of aryl methyl sites for hydroxylation is 1. The van der Waals surface area contributed by atoms with Gasteiger partial charge >= 0.3 is 16.3 Å². The second kappa shape index (κ2) is 8.04. The molecule has 0 spiro atoms. The van der Waals surface area contributed by atoms with Crippen LogP contribution in [0.2, 0.25) is 5.02 Å². The summed E-state index contributed by atoms with van der Waals surface area (Å²) in [6, 6.07) is 10.1. The summed E-state index contributed by atoms with van der Waals surface area (Å²) in [5.74, 6) is -0.362. The number of carbonyl (C=O) groups is 1. The summed E-state index contributed by atoms with van der Waals surface area (Å²) in [5, 5.41) is 1.65. The van der Waals surface area contributed by atoms with Crippen LogP contribution in [0.25, 0.3) is 10.1 Å². The minimum absolute atomic E-state index is 0.0450. The fourth-order valence-corrected chi connectivity index (χ4v) is 5.08. The third-order valence-electron chi connectivity index (χ3n) is 3.95. The van der Waals surface area contributed by atoms with Crippen LogP contribution >= 0.6 is 22.9 Å². The van der Waals surface area contributed by atoms with E-state index in [1.807, 2.05) is 0 Å². The fourth-order valence-electron chi connectivity index (χ4n) is 2.72. The number of fused-ring (bicyclic) bond motifs is 1. The molecule has 2 aromatic heterocycles. The number of pyridine rings is 1. The van der Waals surface area contributed by atoms with Crippen molar-refractivity contribution in [3.05, 3.63) is 52.7 Å². The molecule has 148 valence electrons. The summed E-state index contributed by atoms with van der Waals surface area (Å²) in [6.07, 6.45) is 0.313. The number of ether oxygens (including phenoxy) is 1. The van der Waals surface area contributed by atoms with Crippen LogP contribution in [-0.4, -0.2) is 30.5 Å². The van der Waals surface area contributed by atoms with Crippen molar-refractivity contribution in [2.75, 3.05) is 10.9 Å². The van der Waals surface area contributed by atoms with Crippen LogP contribution in [0, 0.1) is 6.92 Å². The van der Waals surface area contributed by atoms with E-state index in [1.54, 1.807) is 37.3 Å². The first kappa shape index (κ1) is 20.5. The Bertz CT molecular complexity index is 1140. The molecular weight excluding hydrogens is 424 g/mol. The molecule has 0 bridgehead atoms. The maximum Gasteiger partial charge on any atom is 0.366 e. The van der Waals surface area contributed by atoms with E-state index in [0.717, 1.165) is 14.4 Å². The quantitative estimate of drug-likeness (QED) is 0.453. The van der Waals surface area contributed by atoms with Crippen LogP contribution in [0.15, 0.2) is 36.4 Å². The van der Waals surface area contributed by atoms with E-state index in [9.17, 15) is 17.8 Å². The molecule has 0 aliphatic heterocycles. The van der Waals surface area contributed by atoms with Gasteiger partial charge in [0.1, 0.15) is 10.8 Å². The van der Waals surface area contributed by atoms with Crippen molar-refractivity contribution in [3.63, 3.8) is 0 Å². The first-order valence-corrected chi connectivity index (χ1v) is 10.8. The SMILES string of the molecule is CC(=O)OCCc1cccc(N(c2sc3ccc(Cl)cc3c2C)S(=O)(=O)O)n1. The van der Waals surface area contributed by atoms with Gasteiger partial charge in [-0.15, -0.1) is 11.3 Å². The second-order valence-corrected chi connectivity index (χ2v) is 8.72. The Hall–Kier alpha value is -2.20. The third-order valence-corrected chi connectivity index (χ3v) is 6.39. The molecular formula is C18H17ClN2O5S2. The molecule has 1 aromatic carbocycles. The van der Waals surface area contributed by atoms with E-state index in [-0.39, 0.29) is 12.4 Å². The zero-order chi connectivity index (χ0) is 20.5. The van der Waals surface area contributed by atoms with E-state index in [2.05, 4.69) is 4.98 Å². The highest BCUT2D eigenvalue weighted by molar-refractivity contribution is 7.87. The molecule has 1 N–H and O–H groups in total. The standard InChI is InChI=1S/C18H17ClN2O5S2/c1-11-15-10-13(19)6-7-16(15)27-18(11)21(28(23,24)25)17-5-3-4-14(20-17)8-9-26-12(2)22/h3-7,10H,8-9H2,1-2H3,(H,23,24,25). The monoisotopic (exact) mass is 440 g/mol. The summed E-state index contributed by atoms with van der Waals surface area (Å²) >= 11 is 7.26. The van der Waals surface area contributed by atoms with Crippen LogP contribution in [-0.2, 0) is 26.3 Å². The van der Waals surface area contributed by atoms with Gasteiger partial charge in [0.05, 0.1) is 6.61 Å². The van der Waals surface area contributed by atoms with Gasteiger partial charge in [-0.05, 0) is 48.2 Å². The van der Waals surface area contributed by atoms with Crippen LogP contribution < -0.4 is 4.31 Å². The maximum absolute atomic E-state index is 12.2. The highest BCUT2D eigenvalue weighted by atomic mass is 35.5. The zero-order valence-corrected chi connectivity index (χ0v) is 17.4. The minimum atomic E-state index is -4.64. The Morgan fingerprint density at radius 3 is 2.75 bits per heavy atom. The molecule has 0 aliphatic rings. The maximum atomic E-state index is 12.2. The predicted molar refractivity (Wildman–Crippen MR) is 110 cm³/mol. The van der Waals surface area contributed by atoms with Gasteiger partial charge in [-0.25, -0.2) is 4.98 Å². The fraction of sp³-hybridized carbons (Fsp3) is 0.222. The van der Waals surface area contributed by atoms with Crippen molar-refractivity contribution in [2.24, 2.45) is 0 Å². The van der Waals surface area contributed by atoms with Gasteiger partial charge in [0.25, 0.3) is 0 Å². The average Bonchev–Trinajstić information content (AvgIpc) is 2.90. The van der Waals surface area contributed by atoms with Crippen molar-refractivity contribution >= 4 is 60.1 Å². The van der Waals surface area contributed by atoms with Crippen LogP contribution in [0.5, 0.6) is 0 Å². The predicted octanol–water partition coefficient (Wildman–Crippen LogP) is 4.30. The highest BCUT2D eigenvalue weighted by Crippen LogP contribution is 2.42. The van der Waals surface area contributed by atoms with E-state index >= 15 is 0 Å². The first-order chi connectivity index (χ1) is 13.2. The molecule has 0 fully saturated rings. The largest absolute Gasteiger partial charge is 0.465 e. The smallest absolute Gasteiger partial charge is 0.366 e. The molecule has 0 radical (unpaired) electrons. The number of anilines is 2. The van der Waals surface area contributed by atoms with E-state index in [1.165, 1.54) is 24.3 Å². The summed E-state index contributed by atoms with van der Waals surface area (Å²) in [5.41, 5.74) is 1.18. The lowest BCUT2D eigenvalue weighted by molar-refractivity contribution is -0.140. The molecule has 0 amide bonds. The number of benzene rings is 1. The average molecular weight is 441 g/mol. The molecule has 28 heavy (non-hydrogen) atoms. The van der Waals surface area contributed by atoms with Crippen molar-refractivity contribution in [3.8, 4) is 0 Å². The molecule has 0 saturated heterocycles. The molecule has 3 aromatic rings. The lowest BCUT2D eigenvalue weighted by Crippen LogP contribution is -2.26. The van der Waals surface area contributed by atoms with Crippen LogP contribution in [0.4, 0.5) is 10.8 Å². The second-order valence-electron chi connectivity index (χ2n) is 5.99. The third kappa shape index (κ3) is 4.44. The summed E-state index contributed by atoms with van der Waals surface area (Å²) < 4.78 is 40.8. The summed E-state index contributed by atoms with van der Waals surface area (Å²) in [7, 11) is -4.64. The number of halogens is 1. The van der Waals surface area contributed by atoms with Gasteiger partial charge < -0.3 is 4.74 Å². The Morgan fingerprint density at radius 1 is 1.32 bits per heavy atom. The Balaban J connectivity index is 2.05. The normalized spacial score (nSPS) is 11.6. The lowest BCUT2D eigenvalue weighted by atomic mass is 10.2. The topological polar surface area (TPSA) is 96.8 Å². The highest BCUT2D eigenvalue weighted by Gasteiger charge is 2.28. The molecule has 2 heterocycles. The Morgan fingerprint density at radius 2 is 2.07 bits per heavy atom. The number of thiophene rings is 1. The van der Waals surface area contributed by atoms with Crippen molar-refractivity contribution in [2.45, 2.75) is 20.3 Å². The van der Waals surface area contributed by atoms with Crippen molar-refractivity contribution in [1.29, 1.82) is 0 Å². The van der Waals surface area contributed by atoms with Crippen molar-refractivity contribution < 1.29 is 22.5 Å². The molecule has 10 heteroatoms. The zero-order valence-electron chi connectivity index (χ0n) is 15.0. The van der Waals surface area contributed by atoms with Gasteiger partial charge in [-0.3, -0.25) is 9.35 Å². The number of hydrogen-bond donors (Lipinski definition) is 1. The number of nitrogens with zero attached hydrogens (tertiary/aromatic N) is 2. The number of rotatable bonds is 6. The van der Waals surface area contributed by atoms with Crippen LogP contribution in [0.1, 0.15) is 18.2 Å². The van der Waals surface area contributed by atoms with Crippen molar-refractivity contribution in [1.82, 2.24) is 4.98 Å². The van der Waals surface area contributed by atoms with E-state index < -0.39 is 16.3 Å². The Labute approximate surface area is 171 Å². The summed E-state index contributed by atoms with van der Waals surface area (Å²) in [6.45, 7) is 3.19.